The quantitative estimate of drug-likeness (QED) is 0.606. The third kappa shape index (κ3) is 4.46. The zero-order chi connectivity index (χ0) is 19.5. The number of amides is 2. The Morgan fingerprint density at radius 2 is 2.21 bits per heavy atom. The molecule has 0 aromatic carbocycles. The molecule has 1 fully saturated rings. The molecule has 3 heterocycles. The lowest BCUT2D eigenvalue weighted by molar-refractivity contribution is -0.908. The van der Waals surface area contributed by atoms with Crippen molar-refractivity contribution in [3.05, 3.63) is 38.4 Å². The van der Waals surface area contributed by atoms with Gasteiger partial charge in [0, 0.05) is 11.5 Å². The molecule has 28 heavy (non-hydrogen) atoms. The smallest absolute Gasteiger partial charge is 0.280 e. The van der Waals surface area contributed by atoms with E-state index in [1.807, 2.05) is 6.07 Å². The number of anilines is 1. The minimum Gasteiger partial charge on any atom is -0.372 e. The Morgan fingerprint density at radius 1 is 1.32 bits per heavy atom. The highest BCUT2D eigenvalue weighted by molar-refractivity contribution is 7.17. The van der Waals surface area contributed by atoms with Gasteiger partial charge in [0.15, 0.2) is 6.54 Å². The van der Waals surface area contributed by atoms with Crippen molar-refractivity contribution in [1.82, 2.24) is 0 Å². The van der Waals surface area contributed by atoms with Crippen molar-refractivity contribution in [1.29, 1.82) is 0 Å². The normalized spacial score (nSPS) is 19.5. The molecule has 2 atom stereocenters. The SMILES string of the molecule is NC(=O)c1c(NC(=O)C[NH+](Cc2cccs2)C[C@H]2CCCO2)sc2c1CCC2. The van der Waals surface area contributed by atoms with E-state index in [1.54, 1.807) is 11.3 Å². The maximum Gasteiger partial charge on any atom is 0.280 e. The Labute approximate surface area is 172 Å². The van der Waals surface area contributed by atoms with E-state index in [0.29, 0.717) is 17.1 Å². The summed E-state index contributed by atoms with van der Waals surface area (Å²) in [4.78, 5) is 28.4. The van der Waals surface area contributed by atoms with E-state index in [1.165, 1.54) is 26.0 Å². The molecule has 0 bridgehead atoms. The molecule has 2 aliphatic rings. The standard InChI is InChI=1S/C20H25N3O3S2/c21-19(25)18-15-6-1-7-16(15)28-20(18)22-17(24)12-23(10-13-4-2-8-26-13)11-14-5-3-9-27-14/h3,5,9,13H,1-2,4,6-8,10-12H2,(H2,21,25)(H,22,24)/p+1/t13-/m1/s1. The maximum absolute atomic E-state index is 12.8. The number of nitrogens with one attached hydrogen (secondary N) is 2. The van der Waals surface area contributed by atoms with E-state index < -0.39 is 5.91 Å². The van der Waals surface area contributed by atoms with Gasteiger partial charge in [-0.05, 0) is 49.1 Å². The predicted molar refractivity (Wildman–Crippen MR) is 111 cm³/mol. The lowest BCUT2D eigenvalue weighted by Crippen LogP contribution is -3.12. The zero-order valence-corrected chi connectivity index (χ0v) is 17.4. The molecule has 1 aliphatic carbocycles. The van der Waals surface area contributed by atoms with E-state index >= 15 is 0 Å². The fourth-order valence-electron chi connectivity index (χ4n) is 4.14. The van der Waals surface area contributed by atoms with Crippen molar-refractivity contribution in [2.45, 2.75) is 44.8 Å². The van der Waals surface area contributed by atoms with E-state index in [2.05, 4.69) is 16.8 Å². The average Bonchev–Trinajstić information content (AvgIpc) is 3.39. The van der Waals surface area contributed by atoms with Crippen molar-refractivity contribution in [2.75, 3.05) is 25.0 Å². The van der Waals surface area contributed by atoms with Crippen LogP contribution >= 0.6 is 22.7 Å². The van der Waals surface area contributed by atoms with Crippen LogP contribution in [0.1, 0.15) is 44.9 Å². The van der Waals surface area contributed by atoms with Crippen molar-refractivity contribution in [3.8, 4) is 0 Å². The molecule has 2 amide bonds. The lowest BCUT2D eigenvalue weighted by Gasteiger charge is -2.21. The van der Waals surface area contributed by atoms with Gasteiger partial charge >= 0.3 is 0 Å². The first kappa shape index (κ1) is 19.6. The second kappa shape index (κ2) is 8.73. The number of nitrogens with two attached hydrogens (primary N) is 1. The average molecular weight is 421 g/mol. The summed E-state index contributed by atoms with van der Waals surface area (Å²) in [6, 6.07) is 4.14. The van der Waals surface area contributed by atoms with Crippen LogP contribution in [0.5, 0.6) is 0 Å². The summed E-state index contributed by atoms with van der Waals surface area (Å²) in [6.07, 6.45) is 5.25. The van der Waals surface area contributed by atoms with E-state index in [4.69, 9.17) is 10.5 Å². The number of hydrogen-bond acceptors (Lipinski definition) is 5. The van der Waals surface area contributed by atoms with Crippen molar-refractivity contribution < 1.29 is 19.2 Å². The molecule has 1 saturated heterocycles. The van der Waals surface area contributed by atoms with E-state index in [-0.39, 0.29) is 12.0 Å². The van der Waals surface area contributed by atoms with Gasteiger partial charge in [-0.3, -0.25) is 9.59 Å². The minimum absolute atomic E-state index is 0.0769. The summed E-state index contributed by atoms with van der Waals surface area (Å²) in [5.41, 5.74) is 7.16. The van der Waals surface area contributed by atoms with Crippen LogP contribution in [0.25, 0.3) is 0 Å². The van der Waals surface area contributed by atoms with Crippen LogP contribution in [0.15, 0.2) is 17.5 Å². The Hall–Kier alpha value is -1.74. The first-order valence-corrected chi connectivity index (χ1v) is 11.5. The molecule has 4 N–H and O–H groups in total. The number of fused-ring (bicyclic) bond motifs is 1. The minimum atomic E-state index is -0.447. The fourth-order valence-corrected chi connectivity index (χ4v) is 6.23. The van der Waals surface area contributed by atoms with Gasteiger partial charge in [0.05, 0.1) is 10.4 Å². The second-order valence-electron chi connectivity index (χ2n) is 7.50. The van der Waals surface area contributed by atoms with E-state index in [9.17, 15) is 9.59 Å². The Bertz CT molecular complexity index is 841. The van der Waals surface area contributed by atoms with Crippen LogP contribution in [0.4, 0.5) is 5.00 Å². The summed E-state index contributed by atoms with van der Waals surface area (Å²) in [5.74, 6) is -0.524. The number of hydrogen-bond donors (Lipinski definition) is 3. The molecular formula is C20H26N3O3S2+. The van der Waals surface area contributed by atoms with Crippen molar-refractivity contribution in [2.24, 2.45) is 5.73 Å². The van der Waals surface area contributed by atoms with Gasteiger partial charge in [-0.25, -0.2) is 0 Å². The Balaban J connectivity index is 1.44. The van der Waals surface area contributed by atoms with Gasteiger partial charge in [-0.15, -0.1) is 22.7 Å². The van der Waals surface area contributed by atoms with Crippen LogP contribution in [-0.2, 0) is 28.9 Å². The highest BCUT2D eigenvalue weighted by Crippen LogP contribution is 2.38. The third-order valence-electron chi connectivity index (χ3n) is 5.38. The zero-order valence-electron chi connectivity index (χ0n) is 15.8. The maximum atomic E-state index is 12.8. The van der Waals surface area contributed by atoms with Gasteiger partial charge in [-0.1, -0.05) is 6.07 Å². The molecule has 0 saturated carbocycles. The molecule has 8 heteroatoms. The summed E-state index contributed by atoms with van der Waals surface area (Å²) in [6.45, 7) is 2.77. The number of aryl methyl sites for hydroxylation is 1. The lowest BCUT2D eigenvalue weighted by atomic mass is 10.1. The Kier molecular flexibility index (Phi) is 6.10. The molecule has 2 aromatic rings. The first-order valence-electron chi connectivity index (χ1n) is 9.82. The fraction of sp³-hybridized carbons (Fsp3) is 0.500. The van der Waals surface area contributed by atoms with Crippen molar-refractivity contribution >= 4 is 39.5 Å². The highest BCUT2D eigenvalue weighted by Gasteiger charge is 2.28. The molecule has 6 nitrogen and oxygen atoms in total. The summed E-state index contributed by atoms with van der Waals surface area (Å²) in [7, 11) is 0. The van der Waals surface area contributed by atoms with Crippen LogP contribution in [0.3, 0.4) is 0 Å². The molecule has 150 valence electrons. The van der Waals surface area contributed by atoms with Crippen LogP contribution < -0.4 is 16.0 Å². The number of ether oxygens (including phenoxy) is 1. The molecule has 4 rings (SSSR count). The van der Waals surface area contributed by atoms with Gasteiger partial charge in [-0.2, -0.15) is 0 Å². The molecule has 1 unspecified atom stereocenters. The number of carbonyl (C=O) groups excluding carboxylic acids is 2. The van der Waals surface area contributed by atoms with Crippen LogP contribution in [0.2, 0.25) is 0 Å². The number of primary amides is 1. The van der Waals surface area contributed by atoms with Gasteiger partial charge in [0.25, 0.3) is 11.8 Å². The topological polar surface area (TPSA) is 85.9 Å². The predicted octanol–water partition coefficient (Wildman–Crippen LogP) is 1.60. The monoisotopic (exact) mass is 420 g/mol. The number of carbonyl (C=O) groups is 2. The van der Waals surface area contributed by atoms with Crippen LogP contribution in [0, 0.1) is 0 Å². The van der Waals surface area contributed by atoms with Crippen molar-refractivity contribution in [3.63, 3.8) is 0 Å². The summed E-state index contributed by atoms with van der Waals surface area (Å²) < 4.78 is 5.79. The first-order chi connectivity index (χ1) is 13.6. The Morgan fingerprint density at radius 3 is 2.93 bits per heavy atom. The number of rotatable bonds is 8. The molecule has 0 spiro atoms. The molecular weight excluding hydrogens is 394 g/mol. The largest absolute Gasteiger partial charge is 0.372 e. The second-order valence-corrected chi connectivity index (χ2v) is 9.63. The number of thiophene rings is 2. The highest BCUT2D eigenvalue weighted by atomic mass is 32.1. The summed E-state index contributed by atoms with van der Waals surface area (Å²) >= 11 is 3.22. The molecule has 2 aromatic heterocycles. The van der Waals surface area contributed by atoms with Gasteiger partial charge < -0.3 is 20.7 Å². The third-order valence-corrected chi connectivity index (χ3v) is 7.46. The van der Waals surface area contributed by atoms with Crippen LogP contribution in [-0.4, -0.2) is 37.6 Å². The van der Waals surface area contributed by atoms with Gasteiger partial charge in [0.1, 0.15) is 24.2 Å². The molecule has 1 aliphatic heterocycles. The van der Waals surface area contributed by atoms with E-state index in [0.717, 1.165) is 57.4 Å². The summed E-state index contributed by atoms with van der Waals surface area (Å²) in [5, 5.41) is 5.66. The molecule has 0 radical (unpaired) electrons. The van der Waals surface area contributed by atoms with Gasteiger partial charge in [0.2, 0.25) is 0 Å². The number of quaternary nitrogens is 1.